The number of rotatable bonds is 2. The lowest BCUT2D eigenvalue weighted by Gasteiger charge is -2.15. The van der Waals surface area contributed by atoms with Crippen LogP contribution in [0.2, 0.25) is 5.02 Å². The van der Waals surface area contributed by atoms with Crippen LogP contribution >= 0.6 is 23.4 Å². The lowest BCUT2D eigenvalue weighted by Crippen LogP contribution is -2.15. The van der Waals surface area contributed by atoms with E-state index < -0.39 is 0 Å². The van der Waals surface area contributed by atoms with E-state index in [0.717, 1.165) is 4.90 Å². The summed E-state index contributed by atoms with van der Waals surface area (Å²) in [6.07, 6.45) is 1.31. The number of hydrogen-bond acceptors (Lipinski definition) is 4. The van der Waals surface area contributed by atoms with Crippen LogP contribution in [0.15, 0.2) is 58.3 Å². The van der Waals surface area contributed by atoms with Gasteiger partial charge in [-0.3, -0.25) is 9.59 Å². The maximum absolute atomic E-state index is 12.4. The fourth-order valence-corrected chi connectivity index (χ4v) is 3.09. The minimum atomic E-state index is -0.345. The summed E-state index contributed by atoms with van der Waals surface area (Å²) in [7, 11) is 0. The Kier molecular flexibility index (Phi) is 3.57. The maximum atomic E-state index is 12.4. The highest BCUT2D eigenvalue weighted by atomic mass is 35.5. The molecule has 0 fully saturated rings. The van der Waals surface area contributed by atoms with Crippen LogP contribution in [0, 0.1) is 0 Å². The molecule has 0 amide bonds. The molecule has 0 unspecified atom stereocenters. The number of thioether (sulfide) groups is 1. The van der Waals surface area contributed by atoms with E-state index in [1.54, 1.807) is 30.3 Å². The van der Waals surface area contributed by atoms with Gasteiger partial charge in [0.2, 0.25) is 5.78 Å². The highest BCUT2D eigenvalue weighted by Gasteiger charge is 2.28. The Morgan fingerprint density at radius 3 is 2.43 bits per heavy atom. The molecule has 1 aliphatic carbocycles. The summed E-state index contributed by atoms with van der Waals surface area (Å²) in [6.45, 7) is 0. The monoisotopic (exact) mass is 316 g/mol. The van der Waals surface area contributed by atoms with Crippen LogP contribution in [0.3, 0.4) is 0 Å². The smallest absolute Gasteiger partial charge is 0.204 e. The van der Waals surface area contributed by atoms with Gasteiger partial charge in [0.25, 0.3) is 0 Å². The molecule has 1 aliphatic rings. The van der Waals surface area contributed by atoms with Crippen LogP contribution in [-0.2, 0) is 0 Å². The highest BCUT2D eigenvalue weighted by molar-refractivity contribution is 8.04. The first-order valence-corrected chi connectivity index (χ1v) is 7.32. The van der Waals surface area contributed by atoms with Crippen molar-refractivity contribution >= 4 is 34.9 Å². The molecule has 0 atom stereocenters. The van der Waals surface area contributed by atoms with Gasteiger partial charge in [-0.25, -0.2) is 0 Å². The number of Topliss-reactive ketones (excluding diaryl/α,β-unsaturated/α-hetero) is 1. The minimum Gasteiger partial charge on any atom is -0.507 e. The summed E-state index contributed by atoms with van der Waals surface area (Å²) in [5.41, 5.74) is 0.307. The SMILES string of the molecule is O=C1C=C(Sc2ccc(Cl)cc2)C(=O)c2c(O)cccc21. The van der Waals surface area contributed by atoms with Crippen molar-refractivity contribution in [3.8, 4) is 5.75 Å². The van der Waals surface area contributed by atoms with Crippen LogP contribution in [0.4, 0.5) is 0 Å². The van der Waals surface area contributed by atoms with Crippen molar-refractivity contribution in [2.24, 2.45) is 0 Å². The molecule has 2 aromatic rings. The quantitative estimate of drug-likeness (QED) is 0.906. The number of allylic oxidation sites excluding steroid dienone is 2. The predicted octanol–water partition coefficient (Wildman–Crippen LogP) is 4.10. The summed E-state index contributed by atoms with van der Waals surface area (Å²) < 4.78 is 0. The van der Waals surface area contributed by atoms with Gasteiger partial charge in [0, 0.05) is 21.6 Å². The third kappa shape index (κ3) is 2.60. The fraction of sp³-hybridized carbons (Fsp3) is 0. The normalized spacial score (nSPS) is 13.9. The first-order chi connectivity index (χ1) is 10.1. The summed E-state index contributed by atoms with van der Waals surface area (Å²) in [5.74, 6) is -0.798. The third-order valence-corrected chi connectivity index (χ3v) is 4.35. The molecule has 3 nitrogen and oxygen atoms in total. The van der Waals surface area contributed by atoms with Gasteiger partial charge in [-0.2, -0.15) is 0 Å². The molecule has 0 heterocycles. The molecular weight excluding hydrogens is 308 g/mol. The van der Waals surface area contributed by atoms with E-state index >= 15 is 0 Å². The van der Waals surface area contributed by atoms with E-state index in [0.29, 0.717) is 5.02 Å². The van der Waals surface area contributed by atoms with Gasteiger partial charge in [-0.15, -0.1) is 0 Å². The molecule has 0 aromatic heterocycles. The van der Waals surface area contributed by atoms with Gasteiger partial charge in [-0.05, 0) is 30.3 Å². The second-order valence-corrected chi connectivity index (χ2v) is 6.01. The maximum Gasteiger partial charge on any atom is 0.204 e. The molecule has 0 aliphatic heterocycles. The molecule has 0 spiro atoms. The topological polar surface area (TPSA) is 54.4 Å². The van der Waals surface area contributed by atoms with E-state index in [1.807, 2.05) is 0 Å². The van der Waals surface area contributed by atoms with E-state index in [1.165, 1.54) is 30.0 Å². The lowest BCUT2D eigenvalue weighted by molar-refractivity contribution is 0.0989. The Labute approximate surface area is 130 Å². The van der Waals surface area contributed by atoms with Crippen molar-refractivity contribution in [3.05, 3.63) is 69.6 Å². The molecule has 104 valence electrons. The number of hydrogen-bond donors (Lipinski definition) is 1. The van der Waals surface area contributed by atoms with Crippen LogP contribution < -0.4 is 0 Å². The molecular formula is C16H9ClO3S. The van der Waals surface area contributed by atoms with Crippen molar-refractivity contribution in [3.63, 3.8) is 0 Å². The zero-order valence-corrected chi connectivity index (χ0v) is 12.2. The molecule has 0 saturated heterocycles. The van der Waals surface area contributed by atoms with Crippen molar-refractivity contribution in [2.45, 2.75) is 4.90 Å². The number of ketones is 2. The Bertz CT molecular complexity index is 779. The summed E-state index contributed by atoms with van der Waals surface area (Å²) in [4.78, 5) is 25.6. The molecule has 3 rings (SSSR count). The largest absolute Gasteiger partial charge is 0.507 e. The van der Waals surface area contributed by atoms with Crippen LogP contribution in [0.25, 0.3) is 0 Å². The van der Waals surface area contributed by atoms with Gasteiger partial charge < -0.3 is 5.11 Å². The number of phenolic OH excluding ortho intramolecular Hbond substituents is 1. The predicted molar refractivity (Wildman–Crippen MR) is 82.2 cm³/mol. The number of carbonyl (C=O) groups is 2. The van der Waals surface area contributed by atoms with Crippen molar-refractivity contribution in [1.82, 2.24) is 0 Å². The van der Waals surface area contributed by atoms with Crippen molar-refractivity contribution in [2.75, 3.05) is 0 Å². The van der Waals surface area contributed by atoms with Crippen LogP contribution in [0.5, 0.6) is 5.75 Å². The van der Waals surface area contributed by atoms with Crippen molar-refractivity contribution < 1.29 is 14.7 Å². The number of aromatic hydroxyl groups is 1. The lowest BCUT2D eigenvalue weighted by atomic mass is 9.94. The summed E-state index contributed by atoms with van der Waals surface area (Å²) in [5, 5.41) is 10.4. The zero-order valence-electron chi connectivity index (χ0n) is 10.7. The number of carbonyl (C=O) groups excluding carboxylic acids is 2. The van der Waals surface area contributed by atoms with E-state index in [4.69, 9.17) is 11.6 Å². The molecule has 0 saturated carbocycles. The molecule has 21 heavy (non-hydrogen) atoms. The fourth-order valence-electron chi connectivity index (χ4n) is 2.08. The number of halogens is 1. The first kappa shape index (κ1) is 13.9. The Balaban J connectivity index is 1.98. The number of phenols is 1. The summed E-state index contributed by atoms with van der Waals surface area (Å²) >= 11 is 6.99. The average Bonchev–Trinajstić information content (AvgIpc) is 2.46. The van der Waals surface area contributed by atoms with Crippen LogP contribution in [-0.4, -0.2) is 16.7 Å². The van der Waals surface area contributed by atoms with E-state index in [-0.39, 0.29) is 33.3 Å². The number of fused-ring (bicyclic) bond motifs is 1. The van der Waals surface area contributed by atoms with Crippen LogP contribution in [0.1, 0.15) is 20.7 Å². The highest BCUT2D eigenvalue weighted by Crippen LogP contribution is 2.36. The third-order valence-electron chi connectivity index (χ3n) is 3.06. The minimum absolute atomic E-state index is 0.0708. The molecule has 0 radical (unpaired) electrons. The standard InChI is InChI=1S/C16H9ClO3S/c17-9-4-6-10(7-5-9)21-14-8-13(19)11-2-1-3-12(18)15(11)16(14)20/h1-8,18H. The van der Waals surface area contributed by atoms with Gasteiger partial charge >= 0.3 is 0 Å². The number of benzene rings is 2. The van der Waals surface area contributed by atoms with Gasteiger partial charge in [-0.1, -0.05) is 35.5 Å². The second kappa shape index (κ2) is 5.39. The van der Waals surface area contributed by atoms with Gasteiger partial charge in [0.1, 0.15) is 5.75 Å². The average molecular weight is 317 g/mol. The van der Waals surface area contributed by atoms with E-state index in [9.17, 15) is 14.7 Å². The Hall–Kier alpha value is -2.04. The van der Waals surface area contributed by atoms with Gasteiger partial charge in [0.05, 0.1) is 10.5 Å². The Morgan fingerprint density at radius 1 is 1.00 bits per heavy atom. The molecule has 1 N–H and O–H groups in total. The molecule has 5 heteroatoms. The summed E-state index contributed by atoms with van der Waals surface area (Å²) in [6, 6.07) is 11.5. The van der Waals surface area contributed by atoms with E-state index in [2.05, 4.69) is 0 Å². The molecule has 0 bridgehead atoms. The second-order valence-electron chi connectivity index (χ2n) is 4.46. The zero-order chi connectivity index (χ0) is 15.0. The first-order valence-electron chi connectivity index (χ1n) is 6.12. The van der Waals surface area contributed by atoms with Crippen molar-refractivity contribution in [1.29, 1.82) is 0 Å². The molecule has 2 aromatic carbocycles. The Morgan fingerprint density at radius 2 is 1.71 bits per heavy atom. The van der Waals surface area contributed by atoms with Gasteiger partial charge in [0.15, 0.2) is 5.78 Å².